The molecule has 128 valence electrons. The number of nitrogens with zero attached hydrogens (tertiary/aromatic N) is 2. The van der Waals surface area contributed by atoms with Gasteiger partial charge in [0.05, 0.1) is 11.3 Å². The number of halogens is 4. The number of pyridine rings is 1. The maximum atomic E-state index is 13.6. The Morgan fingerprint density at radius 2 is 1.75 bits per heavy atom. The number of piperidine rings is 1. The molecule has 24 heavy (non-hydrogen) atoms. The largest absolute Gasteiger partial charge is 0.417 e. The summed E-state index contributed by atoms with van der Waals surface area (Å²) < 4.78 is 51.3. The Bertz CT molecular complexity index is 677. The lowest BCUT2D eigenvalue weighted by Crippen LogP contribution is -2.39. The van der Waals surface area contributed by atoms with Crippen molar-refractivity contribution in [1.82, 2.24) is 4.98 Å². The lowest BCUT2D eigenvalue weighted by molar-refractivity contribution is -0.137. The molecule has 3 rings (SSSR count). The number of hydrogen-bond acceptors (Lipinski definition) is 3. The molecule has 0 atom stereocenters. The average Bonchev–Trinajstić information content (AvgIpc) is 2.57. The molecule has 1 aliphatic rings. The zero-order valence-electron chi connectivity index (χ0n) is 12.9. The van der Waals surface area contributed by atoms with Crippen molar-refractivity contribution >= 4 is 11.5 Å². The Morgan fingerprint density at radius 1 is 1.04 bits per heavy atom. The van der Waals surface area contributed by atoms with Crippen LogP contribution in [0.5, 0.6) is 0 Å². The summed E-state index contributed by atoms with van der Waals surface area (Å²) in [6.07, 6.45) is -1.99. The molecule has 0 amide bonds. The summed E-state index contributed by atoms with van der Waals surface area (Å²) in [6, 6.07) is 9.08. The number of hydrogen-bond donors (Lipinski definition) is 1. The zero-order chi connectivity index (χ0) is 17.2. The van der Waals surface area contributed by atoms with Gasteiger partial charge in [-0.25, -0.2) is 9.37 Å². The average molecular weight is 339 g/mol. The van der Waals surface area contributed by atoms with Crippen molar-refractivity contribution in [1.29, 1.82) is 0 Å². The molecule has 0 radical (unpaired) electrons. The van der Waals surface area contributed by atoms with E-state index in [2.05, 4.69) is 10.3 Å². The molecule has 1 aromatic carbocycles. The normalized spacial score (nSPS) is 16.2. The molecule has 1 aliphatic heterocycles. The van der Waals surface area contributed by atoms with Crippen molar-refractivity contribution in [3.63, 3.8) is 0 Å². The van der Waals surface area contributed by atoms with E-state index in [9.17, 15) is 17.6 Å². The van der Waals surface area contributed by atoms with Crippen LogP contribution in [-0.2, 0) is 6.18 Å². The summed E-state index contributed by atoms with van der Waals surface area (Å²) >= 11 is 0. The van der Waals surface area contributed by atoms with Gasteiger partial charge in [0.1, 0.15) is 11.6 Å². The Kier molecular flexibility index (Phi) is 4.59. The SMILES string of the molecule is Fc1ccccc1NC1CCN(c2ccc(C(F)(F)F)cn2)CC1. The molecule has 0 unspecified atom stereocenters. The molecule has 0 spiro atoms. The highest BCUT2D eigenvalue weighted by Gasteiger charge is 2.31. The number of anilines is 2. The minimum atomic E-state index is -4.37. The van der Waals surface area contributed by atoms with E-state index in [1.165, 1.54) is 12.1 Å². The number of para-hydroxylation sites is 1. The highest BCUT2D eigenvalue weighted by molar-refractivity contribution is 5.46. The van der Waals surface area contributed by atoms with Gasteiger partial charge in [-0.15, -0.1) is 0 Å². The van der Waals surface area contributed by atoms with Crippen LogP contribution in [0.25, 0.3) is 0 Å². The molecular weight excluding hydrogens is 322 g/mol. The molecule has 1 N–H and O–H groups in total. The quantitative estimate of drug-likeness (QED) is 0.844. The third kappa shape index (κ3) is 3.77. The summed E-state index contributed by atoms with van der Waals surface area (Å²) in [5.74, 6) is 0.247. The van der Waals surface area contributed by atoms with Gasteiger partial charge in [0.15, 0.2) is 0 Å². The molecule has 7 heteroatoms. The second-order valence-corrected chi connectivity index (χ2v) is 5.79. The third-order valence-corrected chi connectivity index (χ3v) is 4.13. The van der Waals surface area contributed by atoms with E-state index in [1.807, 2.05) is 4.90 Å². The Labute approximate surface area is 137 Å². The Balaban J connectivity index is 1.58. The highest BCUT2D eigenvalue weighted by Crippen LogP contribution is 2.30. The summed E-state index contributed by atoms with van der Waals surface area (Å²) in [5, 5.41) is 3.18. The van der Waals surface area contributed by atoms with Gasteiger partial charge in [0.25, 0.3) is 0 Å². The molecule has 0 saturated carbocycles. The number of nitrogens with one attached hydrogen (secondary N) is 1. The first-order valence-electron chi connectivity index (χ1n) is 7.73. The van der Waals surface area contributed by atoms with Crippen molar-refractivity contribution in [2.24, 2.45) is 0 Å². The fourth-order valence-corrected chi connectivity index (χ4v) is 2.79. The first-order valence-corrected chi connectivity index (χ1v) is 7.73. The highest BCUT2D eigenvalue weighted by atomic mass is 19.4. The van der Waals surface area contributed by atoms with Crippen LogP contribution in [-0.4, -0.2) is 24.1 Å². The molecule has 0 aliphatic carbocycles. The van der Waals surface area contributed by atoms with E-state index in [0.29, 0.717) is 24.6 Å². The number of alkyl halides is 3. The van der Waals surface area contributed by atoms with Crippen LogP contribution >= 0.6 is 0 Å². The minimum Gasteiger partial charge on any atom is -0.380 e. The van der Waals surface area contributed by atoms with Crippen LogP contribution in [0, 0.1) is 5.82 Å². The van der Waals surface area contributed by atoms with Crippen LogP contribution in [0.2, 0.25) is 0 Å². The second kappa shape index (κ2) is 6.67. The molecular formula is C17H17F4N3. The molecule has 2 aromatic rings. The summed E-state index contributed by atoms with van der Waals surface area (Å²) in [6.45, 7) is 1.31. The Morgan fingerprint density at radius 3 is 2.33 bits per heavy atom. The number of benzene rings is 1. The van der Waals surface area contributed by atoms with Crippen molar-refractivity contribution in [2.75, 3.05) is 23.3 Å². The summed E-state index contributed by atoms with van der Waals surface area (Å²) in [4.78, 5) is 5.86. The van der Waals surface area contributed by atoms with Crippen molar-refractivity contribution < 1.29 is 17.6 Å². The number of aromatic nitrogens is 1. The van der Waals surface area contributed by atoms with E-state index in [1.54, 1.807) is 18.2 Å². The molecule has 1 fully saturated rings. The lowest BCUT2D eigenvalue weighted by Gasteiger charge is -2.33. The van der Waals surface area contributed by atoms with Gasteiger partial charge >= 0.3 is 6.18 Å². The van der Waals surface area contributed by atoms with Crippen molar-refractivity contribution in [3.05, 3.63) is 54.0 Å². The van der Waals surface area contributed by atoms with E-state index in [0.717, 1.165) is 25.1 Å². The van der Waals surface area contributed by atoms with Crippen LogP contribution in [0.4, 0.5) is 29.1 Å². The topological polar surface area (TPSA) is 28.2 Å². The molecule has 1 aromatic heterocycles. The first-order chi connectivity index (χ1) is 11.4. The van der Waals surface area contributed by atoms with Crippen molar-refractivity contribution in [3.8, 4) is 0 Å². The van der Waals surface area contributed by atoms with Crippen molar-refractivity contribution in [2.45, 2.75) is 25.1 Å². The second-order valence-electron chi connectivity index (χ2n) is 5.79. The van der Waals surface area contributed by atoms with Gasteiger partial charge < -0.3 is 10.2 Å². The zero-order valence-corrected chi connectivity index (χ0v) is 12.9. The van der Waals surface area contributed by atoms with E-state index in [-0.39, 0.29) is 11.9 Å². The van der Waals surface area contributed by atoms with Gasteiger partial charge in [-0.05, 0) is 37.1 Å². The van der Waals surface area contributed by atoms with Gasteiger partial charge in [-0.2, -0.15) is 13.2 Å². The molecule has 1 saturated heterocycles. The van der Waals surface area contributed by atoms with Crippen LogP contribution in [0.3, 0.4) is 0 Å². The van der Waals surface area contributed by atoms with Crippen LogP contribution in [0.15, 0.2) is 42.6 Å². The van der Waals surface area contributed by atoms with E-state index in [4.69, 9.17) is 0 Å². The molecule has 2 heterocycles. The van der Waals surface area contributed by atoms with Gasteiger partial charge in [0.2, 0.25) is 0 Å². The van der Waals surface area contributed by atoms with Gasteiger partial charge in [-0.1, -0.05) is 12.1 Å². The molecule has 3 nitrogen and oxygen atoms in total. The fourth-order valence-electron chi connectivity index (χ4n) is 2.79. The predicted molar refractivity (Wildman–Crippen MR) is 84.5 cm³/mol. The third-order valence-electron chi connectivity index (χ3n) is 4.13. The van der Waals surface area contributed by atoms with Crippen LogP contribution < -0.4 is 10.2 Å². The maximum Gasteiger partial charge on any atom is 0.417 e. The lowest BCUT2D eigenvalue weighted by atomic mass is 10.0. The first kappa shape index (κ1) is 16.5. The number of rotatable bonds is 3. The predicted octanol–water partition coefficient (Wildman–Crippen LogP) is 4.32. The van der Waals surface area contributed by atoms with E-state index >= 15 is 0 Å². The van der Waals surface area contributed by atoms with Gasteiger partial charge in [-0.3, -0.25) is 0 Å². The molecule has 0 bridgehead atoms. The Hall–Kier alpha value is -2.31. The fraction of sp³-hybridized carbons (Fsp3) is 0.353. The van der Waals surface area contributed by atoms with Gasteiger partial charge in [0, 0.05) is 25.3 Å². The summed E-state index contributed by atoms with van der Waals surface area (Å²) in [5.41, 5.74) is -0.272. The summed E-state index contributed by atoms with van der Waals surface area (Å²) in [7, 11) is 0. The maximum absolute atomic E-state index is 13.6. The smallest absolute Gasteiger partial charge is 0.380 e. The monoisotopic (exact) mass is 339 g/mol. The van der Waals surface area contributed by atoms with Crippen LogP contribution in [0.1, 0.15) is 18.4 Å². The minimum absolute atomic E-state index is 0.132. The standard InChI is InChI=1S/C17H17F4N3/c18-14-3-1-2-4-15(14)23-13-7-9-24(10-8-13)16-6-5-12(11-22-16)17(19,20)21/h1-6,11,13,23H,7-10H2. The van der Waals surface area contributed by atoms with E-state index < -0.39 is 11.7 Å².